The van der Waals surface area contributed by atoms with Gasteiger partial charge in [0.05, 0.1) is 26.4 Å². The van der Waals surface area contributed by atoms with E-state index in [1.807, 2.05) is 0 Å². The van der Waals surface area contributed by atoms with E-state index >= 15 is 0 Å². The molecule has 0 aliphatic heterocycles. The Hall–Kier alpha value is -1.94. The fourth-order valence-electron chi connectivity index (χ4n) is 10.5. The molecule has 0 spiro atoms. The average Bonchev–Trinajstić information content (AvgIpc) is 3.55. The van der Waals surface area contributed by atoms with Crippen molar-refractivity contribution < 1.29 is 80.2 Å². The molecular weight excluding hydrogens is 1170 g/mol. The number of carbonyl (C=O) groups excluding carboxylic acids is 4. The molecule has 0 heterocycles. The Morgan fingerprint density at radius 2 is 0.517 bits per heavy atom. The lowest BCUT2D eigenvalue weighted by atomic mass is 10.0. The molecule has 0 amide bonds. The molecule has 19 heteroatoms. The summed E-state index contributed by atoms with van der Waals surface area (Å²) < 4.78 is 68.3. The Morgan fingerprint density at radius 1 is 0.303 bits per heavy atom. The summed E-state index contributed by atoms with van der Waals surface area (Å²) >= 11 is 0. The first-order valence-electron chi connectivity index (χ1n) is 36.3. The third kappa shape index (κ3) is 64.6. The summed E-state index contributed by atoms with van der Waals surface area (Å²) in [6.45, 7) is 11.8. The van der Waals surface area contributed by atoms with Gasteiger partial charge in [-0.15, -0.1) is 0 Å². The molecule has 0 aromatic rings. The van der Waals surface area contributed by atoms with E-state index in [9.17, 15) is 43.2 Å². The number of hydrogen-bond donors (Lipinski definition) is 3. The normalized spacial score (nSPS) is 14.2. The highest BCUT2D eigenvalue weighted by atomic mass is 31.2. The molecule has 2 unspecified atom stereocenters. The van der Waals surface area contributed by atoms with E-state index in [0.717, 1.165) is 108 Å². The standard InChI is InChI=1S/C70H136O17P2/c1-8-9-10-11-12-13-14-19-25-30-39-46-53-69(74)87-66(58-81-68(73)52-45-38-33-32-36-43-50-63(6)7)60-85-89(78,79)83-56-64(71)55-82-88(76,77)84-59-65(86-70(75)54-47-40-31-26-21-16-18-23-28-35-42-49-62(4)5)57-80-67(72)51-44-37-29-24-20-15-17-22-27-34-41-48-61(2)3/h61-66,71H,8-60H2,1-7H3,(H,76,77)(H,78,79)/t64-,65-,66-/m1/s1. The van der Waals surface area contributed by atoms with Crippen molar-refractivity contribution in [1.29, 1.82) is 0 Å². The average molecular weight is 1310 g/mol. The van der Waals surface area contributed by atoms with Crippen LogP contribution in [0.2, 0.25) is 0 Å². The number of phosphoric acid groups is 2. The molecule has 0 aliphatic carbocycles. The zero-order valence-corrected chi connectivity index (χ0v) is 59.7. The summed E-state index contributed by atoms with van der Waals surface area (Å²) in [7, 11) is -9.90. The van der Waals surface area contributed by atoms with Gasteiger partial charge in [-0.1, -0.05) is 299 Å². The summed E-state index contributed by atoms with van der Waals surface area (Å²) in [5.74, 6) is 0.0892. The predicted octanol–water partition coefficient (Wildman–Crippen LogP) is 19.8. The van der Waals surface area contributed by atoms with Crippen LogP contribution < -0.4 is 0 Å². The van der Waals surface area contributed by atoms with Gasteiger partial charge in [-0.3, -0.25) is 37.3 Å². The van der Waals surface area contributed by atoms with E-state index in [4.69, 9.17) is 37.0 Å². The topological polar surface area (TPSA) is 237 Å². The Kier molecular flexibility index (Phi) is 59.6. The van der Waals surface area contributed by atoms with E-state index in [1.54, 1.807) is 0 Å². The second-order valence-corrected chi connectivity index (χ2v) is 29.6. The van der Waals surface area contributed by atoms with Crippen molar-refractivity contribution in [2.45, 2.75) is 369 Å². The molecule has 0 saturated heterocycles. The van der Waals surface area contributed by atoms with Crippen LogP contribution in [-0.4, -0.2) is 96.7 Å². The van der Waals surface area contributed by atoms with Crippen LogP contribution in [0.3, 0.4) is 0 Å². The van der Waals surface area contributed by atoms with Crippen LogP contribution in [-0.2, 0) is 65.4 Å². The van der Waals surface area contributed by atoms with Crippen molar-refractivity contribution in [2.24, 2.45) is 17.8 Å². The zero-order chi connectivity index (χ0) is 65.9. The molecule has 0 aromatic heterocycles. The van der Waals surface area contributed by atoms with E-state index in [2.05, 4.69) is 48.5 Å². The number of carbonyl (C=O) groups is 4. The second-order valence-electron chi connectivity index (χ2n) is 26.7. The van der Waals surface area contributed by atoms with Crippen LogP contribution in [0.4, 0.5) is 0 Å². The van der Waals surface area contributed by atoms with Gasteiger partial charge in [-0.25, -0.2) is 9.13 Å². The van der Waals surface area contributed by atoms with Crippen molar-refractivity contribution in [1.82, 2.24) is 0 Å². The second kappa shape index (κ2) is 61.0. The van der Waals surface area contributed by atoms with Gasteiger partial charge in [0.25, 0.3) is 0 Å². The molecule has 0 rings (SSSR count). The molecule has 3 N–H and O–H groups in total. The van der Waals surface area contributed by atoms with Crippen LogP contribution in [0.1, 0.15) is 350 Å². The minimum absolute atomic E-state index is 0.106. The molecule has 0 bridgehead atoms. The molecule has 0 saturated carbocycles. The fourth-order valence-corrected chi connectivity index (χ4v) is 12.1. The predicted molar refractivity (Wildman–Crippen MR) is 358 cm³/mol. The van der Waals surface area contributed by atoms with Gasteiger partial charge in [0.1, 0.15) is 19.3 Å². The van der Waals surface area contributed by atoms with Gasteiger partial charge < -0.3 is 33.8 Å². The van der Waals surface area contributed by atoms with E-state index in [0.29, 0.717) is 31.6 Å². The van der Waals surface area contributed by atoms with Crippen LogP contribution in [0.15, 0.2) is 0 Å². The third-order valence-corrected chi connectivity index (χ3v) is 18.0. The fraction of sp³-hybridized carbons (Fsp3) is 0.943. The van der Waals surface area contributed by atoms with Crippen LogP contribution in [0.25, 0.3) is 0 Å². The number of hydrogen-bond acceptors (Lipinski definition) is 15. The van der Waals surface area contributed by atoms with E-state index in [1.165, 1.54) is 154 Å². The number of unbranched alkanes of at least 4 members (excludes halogenated alkanes) is 36. The van der Waals surface area contributed by atoms with Gasteiger partial charge in [-0.05, 0) is 43.4 Å². The van der Waals surface area contributed by atoms with Crippen molar-refractivity contribution in [2.75, 3.05) is 39.6 Å². The number of esters is 4. The lowest BCUT2D eigenvalue weighted by Gasteiger charge is -2.21. The zero-order valence-electron chi connectivity index (χ0n) is 57.9. The summed E-state index contributed by atoms with van der Waals surface area (Å²) in [6.07, 6.45) is 44.5. The van der Waals surface area contributed by atoms with Gasteiger partial charge in [0.15, 0.2) is 12.2 Å². The van der Waals surface area contributed by atoms with E-state index in [-0.39, 0.29) is 25.7 Å². The number of rotatable bonds is 68. The number of aliphatic hydroxyl groups excluding tert-OH is 1. The molecule has 17 nitrogen and oxygen atoms in total. The molecule has 5 atom stereocenters. The monoisotopic (exact) mass is 1310 g/mol. The number of phosphoric ester groups is 2. The minimum atomic E-state index is -4.95. The first-order chi connectivity index (χ1) is 42.7. The Bertz CT molecular complexity index is 1750. The summed E-state index contributed by atoms with van der Waals surface area (Å²) in [6, 6.07) is 0. The summed E-state index contributed by atoms with van der Waals surface area (Å²) in [5.41, 5.74) is 0. The molecule has 89 heavy (non-hydrogen) atoms. The van der Waals surface area contributed by atoms with Gasteiger partial charge in [0.2, 0.25) is 0 Å². The highest BCUT2D eigenvalue weighted by molar-refractivity contribution is 7.47. The maximum absolute atomic E-state index is 13.0. The molecule has 528 valence electrons. The van der Waals surface area contributed by atoms with Crippen LogP contribution >= 0.6 is 15.6 Å². The third-order valence-electron chi connectivity index (χ3n) is 16.1. The molecule has 0 fully saturated rings. The maximum atomic E-state index is 13.0. The lowest BCUT2D eigenvalue weighted by molar-refractivity contribution is -0.161. The quantitative estimate of drug-likeness (QED) is 0.0222. The highest BCUT2D eigenvalue weighted by Gasteiger charge is 2.30. The van der Waals surface area contributed by atoms with E-state index < -0.39 is 97.5 Å². The molecule has 0 aromatic carbocycles. The molecule has 0 aliphatic rings. The number of aliphatic hydroxyl groups is 1. The largest absolute Gasteiger partial charge is 0.472 e. The van der Waals surface area contributed by atoms with Gasteiger partial charge in [-0.2, -0.15) is 0 Å². The van der Waals surface area contributed by atoms with Crippen molar-refractivity contribution in [3.05, 3.63) is 0 Å². The molecular formula is C70H136O17P2. The Morgan fingerprint density at radius 3 is 0.764 bits per heavy atom. The lowest BCUT2D eigenvalue weighted by Crippen LogP contribution is -2.30. The van der Waals surface area contributed by atoms with Gasteiger partial charge in [0, 0.05) is 25.7 Å². The van der Waals surface area contributed by atoms with Crippen molar-refractivity contribution >= 4 is 39.5 Å². The van der Waals surface area contributed by atoms with Crippen LogP contribution in [0.5, 0.6) is 0 Å². The first kappa shape index (κ1) is 87.1. The smallest absolute Gasteiger partial charge is 0.462 e. The summed E-state index contributed by atoms with van der Waals surface area (Å²) in [5, 5.41) is 10.6. The van der Waals surface area contributed by atoms with Crippen molar-refractivity contribution in [3.8, 4) is 0 Å². The first-order valence-corrected chi connectivity index (χ1v) is 39.3. The minimum Gasteiger partial charge on any atom is -0.462 e. The Balaban J connectivity index is 5.25. The SMILES string of the molecule is CCCCCCCCCCCCCCC(=O)O[C@H](COC(=O)CCCCCCCCC(C)C)COP(=O)(O)OC[C@H](O)COP(=O)(O)OC[C@@H](COC(=O)CCCCCCCCCCCCCC(C)C)OC(=O)CCCCCCCCCCCCCC(C)C. The summed E-state index contributed by atoms with van der Waals surface area (Å²) in [4.78, 5) is 72.5. The Labute approximate surface area is 543 Å². The molecule has 0 radical (unpaired) electrons. The van der Waals surface area contributed by atoms with Gasteiger partial charge >= 0.3 is 39.5 Å². The number of ether oxygens (including phenoxy) is 4. The van der Waals surface area contributed by atoms with Crippen LogP contribution in [0, 0.1) is 17.8 Å². The maximum Gasteiger partial charge on any atom is 0.472 e. The highest BCUT2D eigenvalue weighted by Crippen LogP contribution is 2.45. The van der Waals surface area contributed by atoms with Crippen molar-refractivity contribution in [3.63, 3.8) is 0 Å².